The predicted molar refractivity (Wildman–Crippen MR) is 132 cm³/mol. The average molecular weight is 467 g/mol. The van der Waals surface area contributed by atoms with E-state index in [9.17, 15) is 9.59 Å². The number of carbonyl (C=O) groups is 2. The van der Waals surface area contributed by atoms with Gasteiger partial charge in [0.15, 0.2) is 0 Å². The number of benzene rings is 1. The Balaban J connectivity index is 1.06. The largest absolute Gasteiger partial charge is 0.340 e. The second-order valence-corrected chi connectivity index (χ2v) is 11.0. The van der Waals surface area contributed by atoms with Crippen LogP contribution in [0.25, 0.3) is 0 Å². The van der Waals surface area contributed by atoms with Crippen molar-refractivity contribution < 1.29 is 9.59 Å². The van der Waals surface area contributed by atoms with Gasteiger partial charge in [0, 0.05) is 62.7 Å². The molecule has 7 heteroatoms. The predicted octanol–water partition coefficient (Wildman–Crippen LogP) is 3.65. The van der Waals surface area contributed by atoms with Gasteiger partial charge in [-0.1, -0.05) is 18.2 Å². The van der Waals surface area contributed by atoms with Crippen molar-refractivity contribution in [2.45, 2.75) is 39.3 Å². The lowest BCUT2D eigenvalue weighted by molar-refractivity contribution is -0.135. The number of amides is 2. The Morgan fingerprint density at radius 3 is 2.30 bits per heavy atom. The molecule has 2 saturated heterocycles. The van der Waals surface area contributed by atoms with Crippen LogP contribution in [0.4, 0.5) is 5.69 Å². The van der Waals surface area contributed by atoms with E-state index >= 15 is 0 Å². The number of hydrogen-bond acceptors (Lipinski definition) is 5. The van der Waals surface area contributed by atoms with E-state index in [0.717, 1.165) is 77.3 Å². The fraction of sp³-hybridized carbons (Fsp3) is 0.538. The van der Waals surface area contributed by atoms with E-state index < -0.39 is 0 Å². The number of hydrogen-bond donors (Lipinski definition) is 1. The number of thiophene rings is 1. The van der Waals surface area contributed by atoms with Crippen LogP contribution in [-0.4, -0.2) is 65.8 Å². The molecule has 1 saturated carbocycles. The second kappa shape index (κ2) is 9.57. The molecule has 2 aliphatic heterocycles. The summed E-state index contributed by atoms with van der Waals surface area (Å²) in [6, 6.07) is 12.4. The van der Waals surface area contributed by atoms with Crippen molar-refractivity contribution >= 4 is 28.8 Å². The molecule has 5 rings (SSSR count). The summed E-state index contributed by atoms with van der Waals surface area (Å²) in [4.78, 5) is 32.9. The smallest absolute Gasteiger partial charge is 0.226 e. The number of nitrogens with one attached hydrogen (secondary N) is 1. The molecule has 1 aromatic carbocycles. The van der Waals surface area contributed by atoms with Gasteiger partial charge in [-0.2, -0.15) is 0 Å². The SMILES string of the molecule is CC(=O)Nc1ccc(CN2CCC3(CC2)C[C@H]3C(=O)N2CCN(Cc3cccs3)CC2)cc1. The Bertz CT molecular complexity index is 959. The average Bonchev–Trinajstić information content (AvgIpc) is 3.25. The maximum absolute atomic E-state index is 13.2. The summed E-state index contributed by atoms with van der Waals surface area (Å²) in [5.41, 5.74) is 2.37. The van der Waals surface area contributed by atoms with Crippen molar-refractivity contribution in [2.24, 2.45) is 11.3 Å². The molecule has 1 atom stereocenters. The lowest BCUT2D eigenvalue weighted by Crippen LogP contribution is -2.49. The van der Waals surface area contributed by atoms with Crippen molar-refractivity contribution in [1.29, 1.82) is 0 Å². The maximum Gasteiger partial charge on any atom is 0.226 e. The van der Waals surface area contributed by atoms with Crippen LogP contribution in [0.2, 0.25) is 0 Å². The zero-order chi connectivity index (χ0) is 22.8. The fourth-order valence-corrected chi connectivity index (χ4v) is 6.28. The standard InChI is InChI=1S/C26H34N4O2S/c1-20(31)27-22-6-4-21(5-7-22)18-28-10-8-26(9-11-28)17-24(26)25(32)30-14-12-29(13-15-30)19-23-3-2-16-33-23/h2-7,16,24H,8-15,17-19H2,1H3,(H,27,31)/t24-/m0/s1. The molecule has 3 fully saturated rings. The van der Waals surface area contributed by atoms with Gasteiger partial charge in [0.1, 0.15) is 0 Å². The number of nitrogens with zero attached hydrogens (tertiary/aromatic N) is 3. The molecule has 3 aliphatic rings. The minimum Gasteiger partial charge on any atom is -0.340 e. The van der Waals surface area contributed by atoms with Crippen LogP contribution in [-0.2, 0) is 22.7 Å². The highest BCUT2D eigenvalue weighted by atomic mass is 32.1. The van der Waals surface area contributed by atoms with Gasteiger partial charge < -0.3 is 10.2 Å². The number of likely N-dealkylation sites (tertiary alicyclic amines) is 1. The number of piperidine rings is 1. The molecule has 176 valence electrons. The van der Waals surface area contributed by atoms with E-state index in [-0.39, 0.29) is 17.2 Å². The van der Waals surface area contributed by atoms with Gasteiger partial charge in [-0.15, -0.1) is 11.3 Å². The molecule has 3 heterocycles. The first-order valence-corrected chi connectivity index (χ1v) is 13.0. The van der Waals surface area contributed by atoms with Gasteiger partial charge in [-0.3, -0.25) is 19.4 Å². The summed E-state index contributed by atoms with van der Waals surface area (Å²) in [5.74, 6) is 0.617. The van der Waals surface area contributed by atoms with Crippen LogP contribution in [0.3, 0.4) is 0 Å². The molecule has 1 aromatic heterocycles. The van der Waals surface area contributed by atoms with Crippen LogP contribution in [0.5, 0.6) is 0 Å². The Labute approximate surface area is 200 Å². The Hall–Kier alpha value is -2.22. The van der Waals surface area contributed by atoms with E-state index in [4.69, 9.17) is 0 Å². The van der Waals surface area contributed by atoms with Gasteiger partial charge >= 0.3 is 0 Å². The van der Waals surface area contributed by atoms with Crippen molar-refractivity contribution in [3.63, 3.8) is 0 Å². The third-order valence-electron chi connectivity index (χ3n) is 7.66. The molecule has 2 amide bonds. The molecule has 1 N–H and O–H groups in total. The normalized spacial score (nSPS) is 22.9. The first-order valence-electron chi connectivity index (χ1n) is 12.1. The van der Waals surface area contributed by atoms with Gasteiger partial charge in [-0.05, 0) is 66.9 Å². The summed E-state index contributed by atoms with van der Waals surface area (Å²) < 4.78 is 0. The molecule has 0 bridgehead atoms. The monoisotopic (exact) mass is 466 g/mol. The van der Waals surface area contributed by atoms with Gasteiger partial charge in [-0.25, -0.2) is 0 Å². The summed E-state index contributed by atoms with van der Waals surface area (Å²) in [6.45, 7) is 9.31. The second-order valence-electron chi connectivity index (χ2n) is 9.95. The summed E-state index contributed by atoms with van der Waals surface area (Å²) in [5, 5.41) is 4.95. The van der Waals surface area contributed by atoms with Crippen molar-refractivity contribution in [3.8, 4) is 0 Å². The molecule has 33 heavy (non-hydrogen) atoms. The van der Waals surface area contributed by atoms with Gasteiger partial charge in [0.25, 0.3) is 0 Å². The molecule has 0 radical (unpaired) electrons. The van der Waals surface area contributed by atoms with Gasteiger partial charge in [0.05, 0.1) is 0 Å². The number of anilines is 1. The van der Waals surface area contributed by atoms with E-state index in [1.54, 1.807) is 0 Å². The number of rotatable bonds is 6. The van der Waals surface area contributed by atoms with Crippen LogP contribution < -0.4 is 5.32 Å². The molecule has 0 unspecified atom stereocenters. The first kappa shape index (κ1) is 22.6. The van der Waals surface area contributed by atoms with E-state index in [1.165, 1.54) is 17.4 Å². The highest BCUT2D eigenvalue weighted by Crippen LogP contribution is 2.60. The zero-order valence-corrected chi connectivity index (χ0v) is 20.3. The Kier molecular flexibility index (Phi) is 6.54. The third-order valence-corrected chi connectivity index (χ3v) is 8.52. The summed E-state index contributed by atoms with van der Waals surface area (Å²) in [6.07, 6.45) is 3.35. The molecule has 6 nitrogen and oxygen atoms in total. The minimum absolute atomic E-state index is 0.0436. The van der Waals surface area contributed by atoms with E-state index in [2.05, 4.69) is 49.7 Å². The van der Waals surface area contributed by atoms with Crippen LogP contribution in [0.1, 0.15) is 36.6 Å². The van der Waals surface area contributed by atoms with Crippen LogP contribution in [0, 0.1) is 11.3 Å². The molecular weight excluding hydrogens is 432 g/mol. The van der Waals surface area contributed by atoms with Crippen molar-refractivity contribution in [1.82, 2.24) is 14.7 Å². The zero-order valence-electron chi connectivity index (χ0n) is 19.5. The Morgan fingerprint density at radius 1 is 0.970 bits per heavy atom. The third kappa shape index (κ3) is 5.31. The lowest BCUT2D eigenvalue weighted by atomic mass is 9.90. The quantitative estimate of drug-likeness (QED) is 0.706. The summed E-state index contributed by atoms with van der Waals surface area (Å²) >= 11 is 1.81. The number of piperazine rings is 1. The highest BCUT2D eigenvalue weighted by molar-refractivity contribution is 7.09. The lowest BCUT2D eigenvalue weighted by Gasteiger charge is -2.36. The molecule has 1 spiro atoms. The van der Waals surface area contributed by atoms with E-state index in [1.807, 2.05) is 23.5 Å². The topological polar surface area (TPSA) is 55.9 Å². The molecular formula is C26H34N4O2S. The fourth-order valence-electron chi connectivity index (χ4n) is 5.53. The number of carbonyl (C=O) groups excluding carboxylic acids is 2. The summed E-state index contributed by atoms with van der Waals surface area (Å²) in [7, 11) is 0. The van der Waals surface area contributed by atoms with E-state index in [0.29, 0.717) is 5.91 Å². The first-order chi connectivity index (χ1) is 16.0. The van der Waals surface area contributed by atoms with Crippen molar-refractivity contribution in [2.75, 3.05) is 44.6 Å². The highest BCUT2D eigenvalue weighted by Gasteiger charge is 2.59. The molecule has 1 aliphatic carbocycles. The van der Waals surface area contributed by atoms with Gasteiger partial charge in [0.2, 0.25) is 11.8 Å². The van der Waals surface area contributed by atoms with Crippen LogP contribution in [0.15, 0.2) is 41.8 Å². The maximum atomic E-state index is 13.2. The molecule has 2 aromatic rings. The van der Waals surface area contributed by atoms with Crippen molar-refractivity contribution in [3.05, 3.63) is 52.2 Å². The van der Waals surface area contributed by atoms with Crippen LogP contribution >= 0.6 is 11.3 Å². The minimum atomic E-state index is -0.0436. The Morgan fingerprint density at radius 2 is 1.67 bits per heavy atom.